The van der Waals surface area contributed by atoms with Crippen LogP contribution in [0.5, 0.6) is 0 Å². The first-order valence-corrected chi connectivity index (χ1v) is 7.38. The molecule has 0 aliphatic carbocycles. The van der Waals surface area contributed by atoms with Gasteiger partial charge in [0.1, 0.15) is 0 Å². The molecule has 24 heavy (non-hydrogen) atoms. The van der Waals surface area contributed by atoms with E-state index >= 15 is 0 Å². The van der Waals surface area contributed by atoms with Crippen molar-refractivity contribution >= 4 is 29.9 Å². The van der Waals surface area contributed by atoms with Crippen LogP contribution in [0.3, 0.4) is 0 Å². The van der Waals surface area contributed by atoms with Crippen molar-refractivity contribution in [2.24, 2.45) is 0 Å². The Morgan fingerprint density at radius 3 is 2.50 bits per heavy atom. The molecular weight excluding hydrogens is 336 g/mol. The number of rotatable bonds is 4. The largest absolute Gasteiger partial charge is 0.339 e. The highest BCUT2D eigenvalue weighted by molar-refractivity contribution is 5.97. The van der Waals surface area contributed by atoms with Crippen LogP contribution in [0.1, 0.15) is 15.9 Å². The summed E-state index contributed by atoms with van der Waals surface area (Å²) < 4.78 is 0. The van der Waals surface area contributed by atoms with Crippen LogP contribution in [0, 0.1) is 17.0 Å². The molecule has 1 saturated heterocycles. The van der Waals surface area contributed by atoms with E-state index in [-0.39, 0.29) is 36.1 Å². The first kappa shape index (κ1) is 19.9. The van der Waals surface area contributed by atoms with Gasteiger partial charge in [0.25, 0.3) is 11.6 Å². The Morgan fingerprint density at radius 2 is 1.92 bits per heavy atom. The average Bonchev–Trinajstić information content (AvgIpc) is 2.54. The van der Waals surface area contributed by atoms with Crippen molar-refractivity contribution in [2.75, 3.05) is 39.8 Å². The number of likely N-dealkylation sites (N-methyl/N-ethyl adjacent to an activating group) is 1. The fraction of sp³-hybridized carbons (Fsp3) is 0.467. The highest BCUT2D eigenvalue weighted by atomic mass is 35.5. The van der Waals surface area contributed by atoms with Crippen LogP contribution < -0.4 is 5.32 Å². The molecule has 2 rings (SSSR count). The molecule has 1 heterocycles. The summed E-state index contributed by atoms with van der Waals surface area (Å²) in [6.45, 7) is 4.38. The lowest BCUT2D eigenvalue weighted by Gasteiger charge is -2.29. The van der Waals surface area contributed by atoms with Gasteiger partial charge in [-0.2, -0.15) is 0 Å². The minimum Gasteiger partial charge on any atom is -0.339 e. The zero-order valence-electron chi connectivity index (χ0n) is 13.7. The second-order valence-corrected chi connectivity index (χ2v) is 5.61. The van der Waals surface area contributed by atoms with Gasteiger partial charge in [-0.15, -0.1) is 12.4 Å². The highest BCUT2D eigenvalue weighted by Gasteiger charge is 2.22. The van der Waals surface area contributed by atoms with Gasteiger partial charge in [-0.05, 0) is 18.6 Å². The SMILES string of the molecule is Cc1cc(C(=O)N(C)CC(=O)N2CCNCC2)cc([N+](=O)[O-])c1.Cl. The van der Waals surface area contributed by atoms with E-state index in [1.807, 2.05) is 0 Å². The molecule has 1 aliphatic heterocycles. The van der Waals surface area contributed by atoms with Crippen molar-refractivity contribution in [3.63, 3.8) is 0 Å². The highest BCUT2D eigenvalue weighted by Crippen LogP contribution is 2.18. The topological polar surface area (TPSA) is 95.8 Å². The summed E-state index contributed by atoms with van der Waals surface area (Å²) in [7, 11) is 1.52. The number of hydrogen-bond donors (Lipinski definition) is 1. The number of nitro benzene ring substituents is 1. The predicted molar refractivity (Wildman–Crippen MR) is 91.5 cm³/mol. The van der Waals surface area contributed by atoms with E-state index in [1.165, 1.54) is 24.1 Å². The molecule has 2 amide bonds. The van der Waals surface area contributed by atoms with Gasteiger partial charge in [-0.25, -0.2) is 0 Å². The molecule has 1 fully saturated rings. The van der Waals surface area contributed by atoms with Crippen LogP contribution in [0.15, 0.2) is 18.2 Å². The maximum Gasteiger partial charge on any atom is 0.270 e. The van der Waals surface area contributed by atoms with E-state index in [0.717, 1.165) is 13.1 Å². The number of benzene rings is 1. The zero-order valence-corrected chi connectivity index (χ0v) is 14.5. The normalized spacial score (nSPS) is 13.8. The summed E-state index contributed by atoms with van der Waals surface area (Å²) in [6, 6.07) is 4.23. The monoisotopic (exact) mass is 356 g/mol. The third-order valence-electron chi connectivity index (χ3n) is 3.71. The number of nitrogens with one attached hydrogen (secondary N) is 1. The molecule has 1 aliphatic rings. The minimum absolute atomic E-state index is 0. The molecule has 1 aromatic rings. The van der Waals surface area contributed by atoms with E-state index in [0.29, 0.717) is 18.7 Å². The van der Waals surface area contributed by atoms with Gasteiger partial charge in [0, 0.05) is 50.9 Å². The van der Waals surface area contributed by atoms with Gasteiger partial charge in [0.2, 0.25) is 5.91 Å². The second kappa shape index (κ2) is 8.60. The van der Waals surface area contributed by atoms with Crippen molar-refractivity contribution in [1.82, 2.24) is 15.1 Å². The number of halogens is 1. The summed E-state index contributed by atoms with van der Waals surface area (Å²) in [6.07, 6.45) is 0. The van der Waals surface area contributed by atoms with Crippen LogP contribution in [0.25, 0.3) is 0 Å². The molecule has 0 unspecified atom stereocenters. The number of piperazine rings is 1. The number of nitrogens with zero attached hydrogens (tertiary/aromatic N) is 3. The summed E-state index contributed by atoms with van der Waals surface area (Å²) in [5, 5.41) is 14.1. The molecule has 0 atom stereocenters. The molecule has 1 N–H and O–H groups in total. The van der Waals surface area contributed by atoms with Crippen LogP contribution in [-0.2, 0) is 4.79 Å². The second-order valence-electron chi connectivity index (χ2n) is 5.61. The van der Waals surface area contributed by atoms with Crippen molar-refractivity contribution in [3.05, 3.63) is 39.4 Å². The molecule has 8 nitrogen and oxygen atoms in total. The lowest BCUT2D eigenvalue weighted by atomic mass is 10.1. The standard InChI is InChI=1S/C15H20N4O4.ClH/c1-11-7-12(9-13(8-11)19(22)23)15(21)17(2)10-14(20)18-5-3-16-4-6-18;/h7-9,16H,3-6,10H2,1-2H3;1H. The number of amides is 2. The van der Waals surface area contributed by atoms with Crippen molar-refractivity contribution < 1.29 is 14.5 Å². The van der Waals surface area contributed by atoms with Crippen LogP contribution in [0.4, 0.5) is 5.69 Å². The predicted octanol–water partition coefficient (Wildman–Crippen LogP) is 0.829. The van der Waals surface area contributed by atoms with E-state index in [2.05, 4.69) is 5.32 Å². The molecule has 9 heteroatoms. The lowest BCUT2D eigenvalue weighted by molar-refractivity contribution is -0.384. The van der Waals surface area contributed by atoms with Crippen molar-refractivity contribution in [1.29, 1.82) is 0 Å². The molecule has 0 aromatic heterocycles. The van der Waals surface area contributed by atoms with E-state index in [9.17, 15) is 19.7 Å². The van der Waals surface area contributed by atoms with Crippen LogP contribution in [0.2, 0.25) is 0 Å². The molecule has 0 radical (unpaired) electrons. The Labute approximate surface area is 146 Å². The Bertz CT molecular complexity index is 632. The van der Waals surface area contributed by atoms with E-state index < -0.39 is 10.8 Å². The number of non-ortho nitro benzene ring substituents is 1. The van der Waals surface area contributed by atoms with Gasteiger partial charge in [0.05, 0.1) is 11.5 Å². The van der Waals surface area contributed by atoms with Gasteiger partial charge in [-0.1, -0.05) is 0 Å². The smallest absolute Gasteiger partial charge is 0.270 e. The van der Waals surface area contributed by atoms with Gasteiger partial charge in [0.15, 0.2) is 0 Å². The average molecular weight is 357 g/mol. The maximum absolute atomic E-state index is 12.4. The fourth-order valence-corrected chi connectivity index (χ4v) is 2.50. The fourth-order valence-electron chi connectivity index (χ4n) is 2.50. The lowest BCUT2D eigenvalue weighted by Crippen LogP contribution is -2.49. The molecule has 0 bridgehead atoms. The Kier molecular flexibility index (Phi) is 7.12. The van der Waals surface area contributed by atoms with Gasteiger partial charge in [-0.3, -0.25) is 19.7 Å². The van der Waals surface area contributed by atoms with Crippen molar-refractivity contribution in [3.8, 4) is 0 Å². The molecule has 0 saturated carbocycles. The first-order chi connectivity index (χ1) is 10.9. The molecule has 0 spiro atoms. The Hall–Kier alpha value is -2.19. The van der Waals surface area contributed by atoms with E-state index in [1.54, 1.807) is 17.9 Å². The van der Waals surface area contributed by atoms with Gasteiger partial charge < -0.3 is 15.1 Å². The Morgan fingerprint density at radius 1 is 1.29 bits per heavy atom. The first-order valence-electron chi connectivity index (χ1n) is 7.38. The molecule has 1 aromatic carbocycles. The minimum atomic E-state index is -0.532. The summed E-state index contributed by atoms with van der Waals surface area (Å²) in [5.41, 5.74) is 0.715. The van der Waals surface area contributed by atoms with E-state index in [4.69, 9.17) is 0 Å². The maximum atomic E-state index is 12.4. The van der Waals surface area contributed by atoms with Gasteiger partial charge >= 0.3 is 0 Å². The number of aryl methyl sites for hydroxylation is 1. The quantitative estimate of drug-likeness (QED) is 0.636. The number of nitro groups is 1. The number of carbonyl (C=O) groups is 2. The third-order valence-corrected chi connectivity index (χ3v) is 3.71. The summed E-state index contributed by atoms with van der Waals surface area (Å²) >= 11 is 0. The molecular formula is C15H21ClN4O4. The number of carbonyl (C=O) groups excluding carboxylic acids is 2. The van der Waals surface area contributed by atoms with Crippen LogP contribution in [-0.4, -0.2) is 66.3 Å². The summed E-state index contributed by atoms with van der Waals surface area (Å²) in [5.74, 6) is -0.523. The van der Waals surface area contributed by atoms with Crippen molar-refractivity contribution in [2.45, 2.75) is 6.92 Å². The number of hydrogen-bond acceptors (Lipinski definition) is 5. The zero-order chi connectivity index (χ0) is 17.0. The third kappa shape index (κ3) is 4.90. The molecule has 132 valence electrons. The Balaban J connectivity index is 0.00000288. The van der Waals surface area contributed by atoms with Crippen LogP contribution >= 0.6 is 12.4 Å². The summed E-state index contributed by atoms with van der Waals surface area (Å²) in [4.78, 5) is 38.0.